The van der Waals surface area contributed by atoms with Crippen LogP contribution >= 0.6 is 0 Å². The van der Waals surface area contributed by atoms with Gasteiger partial charge in [-0.2, -0.15) is 0 Å². The van der Waals surface area contributed by atoms with E-state index in [0.717, 1.165) is 0 Å². The Morgan fingerprint density at radius 3 is 2.66 bits per heavy atom. The fourth-order valence-corrected chi connectivity index (χ4v) is 4.26. The quantitative estimate of drug-likeness (QED) is 0.339. The van der Waals surface area contributed by atoms with Crippen molar-refractivity contribution in [2.24, 2.45) is 11.5 Å². The van der Waals surface area contributed by atoms with Crippen LogP contribution < -0.4 is 22.1 Å². The highest BCUT2D eigenvalue weighted by Crippen LogP contribution is 2.20. The number of rotatable bonds is 9. The number of hydrogen-bond donors (Lipinski definition) is 4. The summed E-state index contributed by atoms with van der Waals surface area (Å²) in [4.78, 5) is 63.7. The van der Waals surface area contributed by atoms with Crippen molar-refractivity contribution >= 4 is 29.5 Å². The van der Waals surface area contributed by atoms with Crippen molar-refractivity contribution in [1.29, 1.82) is 0 Å². The van der Waals surface area contributed by atoms with E-state index < -0.39 is 35.8 Å². The Labute approximate surface area is 186 Å². The summed E-state index contributed by atoms with van der Waals surface area (Å²) in [5.74, 6) is -2.02. The molecule has 0 radical (unpaired) electrons. The molecule has 0 spiro atoms. The summed E-state index contributed by atoms with van der Waals surface area (Å²) in [6.07, 6.45) is 8.45. The second-order valence-electron chi connectivity index (χ2n) is 8.30. The third kappa shape index (κ3) is 5.65. The van der Waals surface area contributed by atoms with Crippen molar-refractivity contribution in [2.75, 3.05) is 13.1 Å². The van der Waals surface area contributed by atoms with Gasteiger partial charge in [0.05, 0.1) is 0 Å². The van der Waals surface area contributed by atoms with E-state index in [4.69, 9.17) is 11.5 Å². The zero-order valence-corrected chi connectivity index (χ0v) is 17.9. The Hall–Kier alpha value is -3.37. The van der Waals surface area contributed by atoms with Gasteiger partial charge in [-0.3, -0.25) is 24.0 Å². The van der Waals surface area contributed by atoms with Gasteiger partial charge < -0.3 is 31.9 Å². The molecule has 32 heavy (non-hydrogen) atoms. The number of amides is 5. The molecule has 11 nitrogen and oxygen atoms in total. The molecule has 11 heteroatoms. The van der Waals surface area contributed by atoms with Gasteiger partial charge in [0.15, 0.2) is 0 Å². The first-order valence-corrected chi connectivity index (χ1v) is 10.9. The van der Waals surface area contributed by atoms with Gasteiger partial charge in [-0.1, -0.05) is 6.08 Å². The first-order chi connectivity index (χ1) is 15.3. The number of carbonyl (C=O) groups is 5. The largest absolute Gasteiger partial charge is 0.368 e. The number of likely N-dealkylation sites (tertiary alicyclic amines) is 1. The third-order valence-corrected chi connectivity index (χ3v) is 5.97. The number of nitrogens with one attached hydrogen (secondary N) is 2. The number of primary amides is 2. The minimum absolute atomic E-state index is 0.199. The molecule has 0 aliphatic carbocycles. The standard InChI is InChI=1S/C21H30N6O5/c22-18(29)13-4-1-9-26(12-13)10-2-5-15(25-20(31)14-7-8-17(28)24-14)21(32)27-11-3-6-16(27)19(23)30/h1,9,12,14-16H,2-8,10-11H2,(H2,22,29)(H2,23,30)(H,24,28)(H,25,31)/t14-,15-,16-/m0/s1. The first kappa shape index (κ1) is 23.3. The van der Waals surface area contributed by atoms with Crippen LogP contribution in [0.1, 0.15) is 44.9 Å². The maximum atomic E-state index is 13.2. The number of nitrogens with zero attached hydrogens (tertiary/aromatic N) is 2. The average Bonchev–Trinajstić information content (AvgIpc) is 3.42. The molecule has 3 atom stereocenters. The van der Waals surface area contributed by atoms with Crippen LogP contribution in [0.4, 0.5) is 0 Å². The van der Waals surface area contributed by atoms with Gasteiger partial charge >= 0.3 is 0 Å². The summed E-state index contributed by atoms with van der Waals surface area (Å²) in [6.45, 7) is 0.908. The van der Waals surface area contributed by atoms with Crippen molar-refractivity contribution in [1.82, 2.24) is 20.4 Å². The minimum Gasteiger partial charge on any atom is -0.368 e. The zero-order valence-electron chi connectivity index (χ0n) is 17.9. The second kappa shape index (κ2) is 10.3. The Bertz CT molecular complexity index is 854. The lowest BCUT2D eigenvalue weighted by molar-refractivity contribution is -0.141. The van der Waals surface area contributed by atoms with E-state index in [9.17, 15) is 24.0 Å². The Balaban J connectivity index is 1.65. The normalized spacial score (nSPS) is 23.5. The molecule has 3 rings (SSSR count). The van der Waals surface area contributed by atoms with Gasteiger partial charge in [-0.25, -0.2) is 0 Å². The maximum Gasteiger partial charge on any atom is 0.246 e. The highest BCUT2D eigenvalue weighted by Gasteiger charge is 2.37. The Morgan fingerprint density at radius 1 is 1.22 bits per heavy atom. The highest BCUT2D eigenvalue weighted by atomic mass is 16.2. The van der Waals surface area contributed by atoms with Gasteiger partial charge in [0, 0.05) is 31.3 Å². The van der Waals surface area contributed by atoms with E-state index in [-0.39, 0.29) is 18.2 Å². The third-order valence-electron chi connectivity index (χ3n) is 5.97. The highest BCUT2D eigenvalue weighted by molar-refractivity contribution is 5.95. The summed E-state index contributed by atoms with van der Waals surface area (Å²) in [6, 6.07) is -2.21. The SMILES string of the molecule is NC(=O)C1=CN(CCC[C@H](NC(=O)[C@@H]2CCC(=O)N2)C(=O)N2CCC[C@H]2C(N)=O)C=CC1. The van der Waals surface area contributed by atoms with Gasteiger partial charge in [0.2, 0.25) is 29.5 Å². The number of hydrogen-bond acceptors (Lipinski definition) is 6. The van der Waals surface area contributed by atoms with Crippen LogP contribution in [0.25, 0.3) is 0 Å². The summed E-state index contributed by atoms with van der Waals surface area (Å²) in [7, 11) is 0. The van der Waals surface area contributed by atoms with Gasteiger partial charge in [-0.05, 0) is 44.7 Å². The van der Waals surface area contributed by atoms with Crippen molar-refractivity contribution in [2.45, 2.75) is 63.1 Å². The summed E-state index contributed by atoms with van der Waals surface area (Å²) in [5, 5.41) is 5.36. The molecule has 5 amide bonds. The number of nitrogens with two attached hydrogens (primary N) is 2. The maximum absolute atomic E-state index is 13.2. The van der Waals surface area contributed by atoms with Gasteiger partial charge in [-0.15, -0.1) is 0 Å². The molecular formula is C21H30N6O5. The summed E-state index contributed by atoms with van der Waals surface area (Å²) in [5.41, 5.74) is 11.3. The van der Waals surface area contributed by atoms with E-state index in [2.05, 4.69) is 10.6 Å². The van der Waals surface area contributed by atoms with Crippen molar-refractivity contribution in [3.05, 3.63) is 24.0 Å². The number of carbonyl (C=O) groups excluding carboxylic acids is 5. The monoisotopic (exact) mass is 446 g/mol. The van der Waals surface area contributed by atoms with E-state index in [1.54, 1.807) is 6.20 Å². The molecule has 2 fully saturated rings. The van der Waals surface area contributed by atoms with E-state index in [0.29, 0.717) is 57.2 Å². The van der Waals surface area contributed by atoms with Crippen LogP contribution in [0, 0.1) is 0 Å². The molecule has 0 aromatic carbocycles. The lowest BCUT2D eigenvalue weighted by Crippen LogP contribution is -2.55. The molecule has 3 heterocycles. The van der Waals surface area contributed by atoms with Crippen LogP contribution in [-0.2, 0) is 24.0 Å². The van der Waals surface area contributed by atoms with Gasteiger partial charge in [0.1, 0.15) is 18.1 Å². The Morgan fingerprint density at radius 2 is 2.00 bits per heavy atom. The predicted molar refractivity (Wildman–Crippen MR) is 114 cm³/mol. The smallest absolute Gasteiger partial charge is 0.246 e. The molecule has 0 aromatic heterocycles. The predicted octanol–water partition coefficient (Wildman–Crippen LogP) is -1.41. The van der Waals surface area contributed by atoms with Crippen LogP contribution in [0.2, 0.25) is 0 Å². The molecule has 174 valence electrons. The Kier molecular flexibility index (Phi) is 7.49. The molecule has 3 aliphatic rings. The second-order valence-corrected chi connectivity index (χ2v) is 8.30. The van der Waals surface area contributed by atoms with E-state index in [1.807, 2.05) is 17.2 Å². The van der Waals surface area contributed by atoms with Crippen molar-refractivity contribution in [3.63, 3.8) is 0 Å². The molecule has 0 saturated carbocycles. The molecule has 0 aromatic rings. The van der Waals surface area contributed by atoms with E-state index in [1.165, 1.54) is 4.90 Å². The van der Waals surface area contributed by atoms with Gasteiger partial charge in [0.25, 0.3) is 0 Å². The molecular weight excluding hydrogens is 416 g/mol. The zero-order chi connectivity index (χ0) is 23.3. The van der Waals surface area contributed by atoms with E-state index >= 15 is 0 Å². The molecule has 0 unspecified atom stereocenters. The summed E-state index contributed by atoms with van der Waals surface area (Å²) < 4.78 is 0. The summed E-state index contributed by atoms with van der Waals surface area (Å²) >= 11 is 0. The van der Waals surface area contributed by atoms with Crippen molar-refractivity contribution < 1.29 is 24.0 Å². The lowest BCUT2D eigenvalue weighted by Gasteiger charge is -2.29. The molecule has 2 saturated heterocycles. The minimum atomic E-state index is -0.853. The van der Waals surface area contributed by atoms with Crippen LogP contribution in [0.5, 0.6) is 0 Å². The fourth-order valence-electron chi connectivity index (χ4n) is 4.26. The van der Waals surface area contributed by atoms with Crippen LogP contribution in [0.3, 0.4) is 0 Å². The van der Waals surface area contributed by atoms with Crippen LogP contribution in [-0.4, -0.2) is 70.6 Å². The number of allylic oxidation sites excluding steroid dienone is 1. The fraction of sp³-hybridized carbons (Fsp3) is 0.571. The molecule has 0 bridgehead atoms. The topological polar surface area (TPSA) is 168 Å². The molecule has 6 N–H and O–H groups in total. The van der Waals surface area contributed by atoms with Crippen molar-refractivity contribution in [3.8, 4) is 0 Å². The average molecular weight is 447 g/mol. The molecule has 3 aliphatic heterocycles. The first-order valence-electron chi connectivity index (χ1n) is 10.9. The lowest BCUT2D eigenvalue weighted by atomic mass is 10.1. The van der Waals surface area contributed by atoms with Crippen LogP contribution in [0.15, 0.2) is 24.0 Å².